The number of hydrogen-bond acceptors (Lipinski definition) is 5. The Hall–Kier alpha value is -1.60. The summed E-state index contributed by atoms with van der Waals surface area (Å²) in [5, 5.41) is 10.0. The predicted octanol–water partition coefficient (Wildman–Crippen LogP) is 6.55. The molecular formula is C27H28ClNO3S2. The summed E-state index contributed by atoms with van der Waals surface area (Å²) in [5.41, 5.74) is 1.91. The van der Waals surface area contributed by atoms with Gasteiger partial charge >= 0.3 is 0 Å². The smallest absolute Gasteiger partial charge is 0.266 e. The Morgan fingerprint density at radius 3 is 2.44 bits per heavy atom. The fourth-order valence-corrected chi connectivity index (χ4v) is 8.40. The molecule has 0 radical (unpaired) electrons. The van der Waals surface area contributed by atoms with E-state index in [2.05, 4.69) is 0 Å². The van der Waals surface area contributed by atoms with Crippen LogP contribution in [0.25, 0.3) is 17.4 Å². The number of aliphatic hydroxyl groups is 1. The second kappa shape index (κ2) is 9.12. The van der Waals surface area contributed by atoms with Gasteiger partial charge in [-0.15, -0.1) is 0 Å². The van der Waals surface area contributed by atoms with E-state index in [1.54, 1.807) is 0 Å². The van der Waals surface area contributed by atoms with Crippen molar-refractivity contribution in [3.63, 3.8) is 0 Å². The molecule has 4 nitrogen and oxygen atoms in total. The van der Waals surface area contributed by atoms with Crippen molar-refractivity contribution in [2.45, 2.75) is 51.0 Å². The van der Waals surface area contributed by atoms with Crippen LogP contribution >= 0.6 is 35.6 Å². The van der Waals surface area contributed by atoms with E-state index >= 15 is 0 Å². The molecule has 1 aromatic carbocycles. The molecule has 4 saturated carbocycles. The first-order valence-corrected chi connectivity index (χ1v) is 13.9. The quantitative estimate of drug-likeness (QED) is 0.350. The lowest BCUT2D eigenvalue weighted by Gasteiger charge is -2.56. The van der Waals surface area contributed by atoms with Crippen LogP contribution in [0.5, 0.6) is 0 Å². The lowest BCUT2D eigenvalue weighted by atomic mass is 9.54. The summed E-state index contributed by atoms with van der Waals surface area (Å²) in [5.74, 6) is 4.34. The van der Waals surface area contributed by atoms with Crippen LogP contribution in [0.2, 0.25) is 5.02 Å². The number of aryl methyl sites for hydroxylation is 1. The van der Waals surface area contributed by atoms with Crippen molar-refractivity contribution in [1.82, 2.24) is 4.90 Å². The molecule has 178 valence electrons. The Bertz CT molecular complexity index is 1130. The summed E-state index contributed by atoms with van der Waals surface area (Å²) < 4.78 is 6.92. The first-order valence-electron chi connectivity index (χ1n) is 12.3. The fourth-order valence-electron chi connectivity index (χ4n) is 6.96. The van der Waals surface area contributed by atoms with Gasteiger partial charge in [-0.3, -0.25) is 9.69 Å². The largest absolute Gasteiger partial charge is 0.456 e. The topological polar surface area (TPSA) is 53.7 Å². The Morgan fingerprint density at radius 1 is 1.12 bits per heavy atom. The maximum absolute atomic E-state index is 13.6. The molecule has 1 saturated heterocycles. The Balaban J connectivity index is 1.30. The number of nitrogens with zero attached hydrogens (tertiary/aromatic N) is 1. The maximum atomic E-state index is 13.6. The van der Waals surface area contributed by atoms with Crippen LogP contribution in [0.3, 0.4) is 0 Å². The number of amides is 1. The van der Waals surface area contributed by atoms with Gasteiger partial charge in [0.05, 0.1) is 4.91 Å². The molecule has 34 heavy (non-hydrogen) atoms. The number of hydrogen-bond donors (Lipinski definition) is 1. The van der Waals surface area contributed by atoms with Crippen molar-refractivity contribution >= 4 is 51.9 Å². The number of carbonyl (C=O) groups is 1. The van der Waals surface area contributed by atoms with Gasteiger partial charge < -0.3 is 9.52 Å². The molecule has 1 aromatic heterocycles. The lowest BCUT2D eigenvalue weighted by Crippen LogP contribution is -2.57. The second-order valence-electron chi connectivity index (χ2n) is 10.3. The predicted molar refractivity (Wildman–Crippen MR) is 140 cm³/mol. The zero-order valence-corrected chi connectivity index (χ0v) is 21.3. The number of aliphatic hydroxyl groups excluding tert-OH is 1. The van der Waals surface area contributed by atoms with Gasteiger partial charge in [-0.2, -0.15) is 0 Å². The molecule has 2 aromatic rings. The molecule has 1 N–H and O–H groups in total. The number of halogens is 1. The van der Waals surface area contributed by atoms with Crippen molar-refractivity contribution in [1.29, 1.82) is 0 Å². The van der Waals surface area contributed by atoms with E-state index in [1.165, 1.54) is 43.9 Å². The van der Waals surface area contributed by atoms with Crippen molar-refractivity contribution in [2.75, 3.05) is 6.61 Å². The highest BCUT2D eigenvalue weighted by molar-refractivity contribution is 8.26. The molecule has 5 fully saturated rings. The highest BCUT2D eigenvalue weighted by Crippen LogP contribution is 2.56. The molecule has 7 heteroatoms. The van der Waals surface area contributed by atoms with Gasteiger partial charge in [-0.1, -0.05) is 35.6 Å². The minimum Gasteiger partial charge on any atom is -0.456 e. The third-order valence-electron chi connectivity index (χ3n) is 8.14. The molecule has 1 amide bonds. The number of furan rings is 1. The molecule has 5 aliphatic rings. The van der Waals surface area contributed by atoms with Gasteiger partial charge in [0.2, 0.25) is 0 Å². The first kappa shape index (κ1) is 22.8. The summed E-state index contributed by atoms with van der Waals surface area (Å²) in [6.45, 7) is 0.107. The van der Waals surface area contributed by atoms with Gasteiger partial charge in [-0.25, -0.2) is 0 Å². The Kier molecular flexibility index (Phi) is 6.13. The summed E-state index contributed by atoms with van der Waals surface area (Å²) >= 11 is 13.2. The normalized spacial score (nSPS) is 31.3. The van der Waals surface area contributed by atoms with E-state index in [-0.39, 0.29) is 18.6 Å². The minimum atomic E-state index is 0.0324. The highest BCUT2D eigenvalue weighted by atomic mass is 35.5. The van der Waals surface area contributed by atoms with Gasteiger partial charge in [-0.05, 0) is 105 Å². The summed E-state index contributed by atoms with van der Waals surface area (Å²) in [4.78, 5) is 16.2. The fraction of sp³-hybridized carbons (Fsp3) is 0.481. The van der Waals surface area contributed by atoms with Crippen LogP contribution in [-0.2, 0) is 11.2 Å². The standard InChI is InChI=1S/C27H28ClNO3S2/c28-21-5-3-17(4-6-21)22-13-18(2-1-7-30)23(32-22)14-24-26(31)29(27(33)34-24)25-19-9-15-8-16(11-19)12-20(25)10-15/h3-6,13-16,19-20,25,30H,1-2,7-12H2/b24-14+. The maximum Gasteiger partial charge on any atom is 0.266 e. The zero-order chi connectivity index (χ0) is 23.4. The summed E-state index contributed by atoms with van der Waals surface area (Å²) in [7, 11) is 0. The van der Waals surface area contributed by atoms with E-state index in [4.69, 9.17) is 28.2 Å². The van der Waals surface area contributed by atoms with E-state index in [0.29, 0.717) is 44.7 Å². The molecule has 0 unspecified atom stereocenters. The molecule has 0 spiro atoms. The SMILES string of the molecule is O=C1/C(=C\c2oc(-c3ccc(Cl)cc3)cc2CCCO)SC(=S)N1C1C2CC3CC(C2)CC1C3. The van der Waals surface area contributed by atoms with Crippen molar-refractivity contribution in [2.24, 2.45) is 23.7 Å². The van der Waals surface area contributed by atoms with E-state index < -0.39 is 0 Å². The molecule has 4 bridgehead atoms. The van der Waals surface area contributed by atoms with Crippen LogP contribution < -0.4 is 0 Å². The van der Waals surface area contributed by atoms with E-state index in [9.17, 15) is 9.90 Å². The molecular weight excluding hydrogens is 486 g/mol. The average molecular weight is 514 g/mol. The van der Waals surface area contributed by atoms with Crippen LogP contribution in [0.15, 0.2) is 39.7 Å². The molecule has 0 atom stereocenters. The first-order chi connectivity index (χ1) is 16.5. The van der Waals surface area contributed by atoms with Crippen molar-refractivity contribution < 1.29 is 14.3 Å². The Labute approximate surface area is 214 Å². The van der Waals surface area contributed by atoms with Crippen LogP contribution in [0, 0.1) is 23.7 Å². The Morgan fingerprint density at radius 2 is 1.79 bits per heavy atom. The molecule has 1 aliphatic heterocycles. The zero-order valence-electron chi connectivity index (χ0n) is 18.9. The number of benzene rings is 1. The van der Waals surface area contributed by atoms with Crippen LogP contribution in [0.1, 0.15) is 49.8 Å². The molecule has 7 rings (SSSR count). The highest BCUT2D eigenvalue weighted by Gasteiger charge is 2.53. The van der Waals surface area contributed by atoms with Gasteiger partial charge in [0.15, 0.2) is 0 Å². The average Bonchev–Trinajstić information content (AvgIpc) is 3.33. The van der Waals surface area contributed by atoms with Crippen LogP contribution in [0.4, 0.5) is 0 Å². The number of thioether (sulfide) groups is 1. The van der Waals surface area contributed by atoms with Crippen molar-refractivity contribution in [3.8, 4) is 11.3 Å². The van der Waals surface area contributed by atoms with Crippen molar-refractivity contribution in [3.05, 3.63) is 51.6 Å². The van der Waals surface area contributed by atoms with E-state index in [0.717, 1.165) is 28.7 Å². The van der Waals surface area contributed by atoms with Gasteiger partial charge in [0.1, 0.15) is 15.8 Å². The molecule has 2 heterocycles. The molecule has 4 aliphatic carbocycles. The van der Waals surface area contributed by atoms with Gasteiger partial charge in [0, 0.05) is 29.3 Å². The van der Waals surface area contributed by atoms with Gasteiger partial charge in [0.25, 0.3) is 5.91 Å². The van der Waals surface area contributed by atoms with E-state index in [1.807, 2.05) is 41.3 Å². The number of thiocarbonyl (C=S) groups is 1. The monoisotopic (exact) mass is 513 g/mol. The lowest BCUT2D eigenvalue weighted by molar-refractivity contribution is -0.130. The number of rotatable bonds is 6. The number of carbonyl (C=O) groups excluding carboxylic acids is 1. The third-order valence-corrected chi connectivity index (χ3v) is 9.72. The second-order valence-corrected chi connectivity index (χ2v) is 12.4. The minimum absolute atomic E-state index is 0.0324. The van der Waals surface area contributed by atoms with Crippen LogP contribution in [-0.4, -0.2) is 32.9 Å². The summed E-state index contributed by atoms with van der Waals surface area (Å²) in [6, 6.07) is 9.79. The third kappa shape index (κ3) is 4.06. The summed E-state index contributed by atoms with van der Waals surface area (Å²) in [6.07, 6.45) is 9.57.